The zero-order valence-electron chi connectivity index (χ0n) is 8.73. The minimum Gasteiger partial charge on any atom is -0.475 e. The van der Waals surface area contributed by atoms with Gasteiger partial charge in [0.25, 0.3) is 0 Å². The minimum atomic E-state index is -1.03. The normalized spacial score (nSPS) is 12.7. The number of ether oxygens (including phenoxy) is 1. The SMILES string of the molecule is COCCSC(C)c1ccc(C(=O)O)o1. The molecule has 1 heterocycles. The van der Waals surface area contributed by atoms with E-state index in [1.165, 1.54) is 6.07 Å². The van der Waals surface area contributed by atoms with Crippen molar-refractivity contribution in [2.24, 2.45) is 0 Å². The van der Waals surface area contributed by atoms with Crippen molar-refractivity contribution in [1.29, 1.82) is 0 Å². The summed E-state index contributed by atoms with van der Waals surface area (Å²) < 4.78 is 10.1. The molecular weight excluding hydrogens is 216 g/mol. The summed E-state index contributed by atoms with van der Waals surface area (Å²) in [5.41, 5.74) is 0. The Bertz CT molecular complexity index is 321. The molecule has 1 aromatic heterocycles. The van der Waals surface area contributed by atoms with E-state index in [9.17, 15) is 4.79 Å². The predicted molar refractivity (Wildman–Crippen MR) is 58.4 cm³/mol. The monoisotopic (exact) mass is 230 g/mol. The van der Waals surface area contributed by atoms with Crippen molar-refractivity contribution in [1.82, 2.24) is 0 Å². The molecule has 0 aliphatic heterocycles. The smallest absolute Gasteiger partial charge is 0.371 e. The Morgan fingerprint density at radius 3 is 2.93 bits per heavy atom. The van der Waals surface area contributed by atoms with E-state index in [1.54, 1.807) is 24.9 Å². The lowest BCUT2D eigenvalue weighted by Crippen LogP contribution is -1.95. The fourth-order valence-corrected chi connectivity index (χ4v) is 1.98. The van der Waals surface area contributed by atoms with Gasteiger partial charge in [-0.05, 0) is 19.1 Å². The first kappa shape index (κ1) is 12.1. The van der Waals surface area contributed by atoms with E-state index in [1.807, 2.05) is 6.92 Å². The summed E-state index contributed by atoms with van der Waals surface area (Å²) >= 11 is 1.67. The van der Waals surface area contributed by atoms with Crippen molar-refractivity contribution >= 4 is 17.7 Å². The van der Waals surface area contributed by atoms with Crippen LogP contribution in [0.15, 0.2) is 16.5 Å². The predicted octanol–water partition coefficient (Wildman–Crippen LogP) is 2.42. The molecule has 0 aliphatic carbocycles. The van der Waals surface area contributed by atoms with Gasteiger partial charge in [0.15, 0.2) is 0 Å². The summed E-state index contributed by atoms with van der Waals surface area (Å²) in [7, 11) is 1.65. The van der Waals surface area contributed by atoms with Crippen molar-refractivity contribution in [3.05, 3.63) is 23.7 Å². The topological polar surface area (TPSA) is 59.7 Å². The maximum atomic E-state index is 10.6. The van der Waals surface area contributed by atoms with Gasteiger partial charge < -0.3 is 14.3 Å². The molecule has 0 radical (unpaired) electrons. The molecule has 0 fully saturated rings. The highest BCUT2D eigenvalue weighted by Gasteiger charge is 2.14. The molecule has 1 aromatic rings. The molecule has 0 spiro atoms. The highest BCUT2D eigenvalue weighted by Crippen LogP contribution is 2.29. The molecule has 1 atom stereocenters. The number of aromatic carboxylic acids is 1. The average molecular weight is 230 g/mol. The molecule has 0 saturated carbocycles. The number of carboxylic acids is 1. The van der Waals surface area contributed by atoms with E-state index >= 15 is 0 Å². The van der Waals surface area contributed by atoms with Gasteiger partial charge in [-0.3, -0.25) is 0 Å². The van der Waals surface area contributed by atoms with Crippen LogP contribution >= 0.6 is 11.8 Å². The molecule has 0 amide bonds. The molecule has 0 aliphatic rings. The second kappa shape index (κ2) is 5.82. The summed E-state index contributed by atoms with van der Waals surface area (Å²) in [5, 5.41) is 8.82. The molecule has 0 bridgehead atoms. The first-order chi connectivity index (χ1) is 7.15. The highest BCUT2D eigenvalue weighted by atomic mass is 32.2. The Balaban J connectivity index is 2.50. The van der Waals surface area contributed by atoms with Gasteiger partial charge in [0.2, 0.25) is 5.76 Å². The second-order valence-electron chi connectivity index (χ2n) is 3.01. The molecule has 84 valence electrons. The van der Waals surface area contributed by atoms with E-state index in [0.29, 0.717) is 12.4 Å². The molecule has 4 nitrogen and oxygen atoms in total. The summed E-state index contributed by atoms with van der Waals surface area (Å²) in [6.45, 7) is 2.66. The molecule has 1 N–H and O–H groups in total. The fourth-order valence-electron chi connectivity index (χ4n) is 1.08. The third-order valence-corrected chi connectivity index (χ3v) is 3.03. The standard InChI is InChI=1S/C10H14O4S/c1-7(15-6-5-13-2)8-3-4-9(14-8)10(11)12/h3-4,7H,5-6H2,1-2H3,(H,11,12). The van der Waals surface area contributed by atoms with Gasteiger partial charge in [-0.1, -0.05) is 0 Å². The Morgan fingerprint density at radius 1 is 1.67 bits per heavy atom. The van der Waals surface area contributed by atoms with Crippen LogP contribution in [-0.4, -0.2) is 30.5 Å². The minimum absolute atomic E-state index is 0.0100. The number of hydrogen-bond acceptors (Lipinski definition) is 4. The summed E-state index contributed by atoms with van der Waals surface area (Å²) in [4.78, 5) is 10.6. The first-order valence-electron chi connectivity index (χ1n) is 4.58. The number of methoxy groups -OCH3 is 1. The van der Waals surface area contributed by atoms with E-state index in [4.69, 9.17) is 14.3 Å². The van der Waals surface area contributed by atoms with Gasteiger partial charge in [0.05, 0.1) is 11.9 Å². The van der Waals surface area contributed by atoms with Gasteiger partial charge in [-0.15, -0.1) is 11.8 Å². The summed E-state index contributed by atoms with van der Waals surface area (Å²) in [5.74, 6) is 0.508. The molecule has 5 heteroatoms. The third-order valence-electron chi connectivity index (χ3n) is 1.89. The lowest BCUT2D eigenvalue weighted by molar-refractivity contribution is 0.0660. The molecular formula is C10H14O4S. The summed E-state index contributed by atoms with van der Waals surface area (Å²) in [6.07, 6.45) is 0. The van der Waals surface area contributed by atoms with Gasteiger partial charge in [0, 0.05) is 12.9 Å². The zero-order valence-corrected chi connectivity index (χ0v) is 9.54. The number of thioether (sulfide) groups is 1. The van der Waals surface area contributed by atoms with Crippen LogP contribution in [0.4, 0.5) is 0 Å². The molecule has 1 rings (SSSR count). The Hall–Kier alpha value is -0.940. The van der Waals surface area contributed by atoms with Gasteiger partial charge >= 0.3 is 5.97 Å². The second-order valence-corrected chi connectivity index (χ2v) is 4.46. The maximum absolute atomic E-state index is 10.6. The Kier molecular flexibility index (Phi) is 4.71. The Morgan fingerprint density at radius 2 is 2.40 bits per heavy atom. The van der Waals surface area contributed by atoms with Crippen LogP contribution in [0, 0.1) is 0 Å². The van der Waals surface area contributed by atoms with E-state index < -0.39 is 5.97 Å². The number of hydrogen-bond donors (Lipinski definition) is 1. The molecule has 15 heavy (non-hydrogen) atoms. The molecule has 0 saturated heterocycles. The van der Waals surface area contributed by atoms with Crippen LogP contribution in [0.5, 0.6) is 0 Å². The maximum Gasteiger partial charge on any atom is 0.371 e. The number of rotatable bonds is 6. The van der Waals surface area contributed by atoms with Gasteiger partial charge in [-0.25, -0.2) is 4.79 Å². The lowest BCUT2D eigenvalue weighted by atomic mass is 10.3. The van der Waals surface area contributed by atoms with Crippen molar-refractivity contribution in [2.45, 2.75) is 12.2 Å². The van der Waals surface area contributed by atoms with Gasteiger partial charge in [0.1, 0.15) is 5.76 Å². The number of furan rings is 1. The molecule has 0 aromatic carbocycles. The van der Waals surface area contributed by atoms with Crippen molar-refractivity contribution in [3.8, 4) is 0 Å². The lowest BCUT2D eigenvalue weighted by Gasteiger charge is -2.07. The quantitative estimate of drug-likeness (QED) is 0.760. The van der Waals surface area contributed by atoms with Crippen molar-refractivity contribution < 1.29 is 19.1 Å². The number of carboxylic acid groups (broad SMARTS) is 1. The Labute approximate surface area is 92.6 Å². The van der Waals surface area contributed by atoms with E-state index in [0.717, 1.165) is 5.75 Å². The first-order valence-corrected chi connectivity index (χ1v) is 5.63. The fraction of sp³-hybridized carbons (Fsp3) is 0.500. The van der Waals surface area contributed by atoms with Crippen LogP contribution in [0.3, 0.4) is 0 Å². The van der Waals surface area contributed by atoms with Crippen LogP contribution < -0.4 is 0 Å². The van der Waals surface area contributed by atoms with Gasteiger partial charge in [-0.2, -0.15) is 0 Å². The van der Waals surface area contributed by atoms with Crippen LogP contribution in [0.1, 0.15) is 28.5 Å². The van der Waals surface area contributed by atoms with E-state index in [2.05, 4.69) is 0 Å². The summed E-state index contributed by atoms with van der Waals surface area (Å²) in [6, 6.07) is 3.18. The average Bonchev–Trinajstić information content (AvgIpc) is 2.66. The van der Waals surface area contributed by atoms with Crippen LogP contribution in [-0.2, 0) is 4.74 Å². The highest BCUT2D eigenvalue weighted by molar-refractivity contribution is 7.99. The van der Waals surface area contributed by atoms with E-state index in [-0.39, 0.29) is 11.0 Å². The zero-order chi connectivity index (χ0) is 11.3. The van der Waals surface area contributed by atoms with Crippen molar-refractivity contribution in [3.63, 3.8) is 0 Å². The molecule has 1 unspecified atom stereocenters. The van der Waals surface area contributed by atoms with Crippen LogP contribution in [0.2, 0.25) is 0 Å². The van der Waals surface area contributed by atoms with Crippen molar-refractivity contribution in [2.75, 3.05) is 19.5 Å². The van der Waals surface area contributed by atoms with Crippen LogP contribution in [0.25, 0.3) is 0 Å². The number of carbonyl (C=O) groups is 1. The third kappa shape index (κ3) is 3.60. The largest absolute Gasteiger partial charge is 0.475 e.